The van der Waals surface area contributed by atoms with Gasteiger partial charge >= 0.3 is 0 Å². The van der Waals surface area contributed by atoms with Gasteiger partial charge in [-0.05, 0) is 35.4 Å². The fraction of sp³-hybridized carbons (Fsp3) is 0.0714. The second kappa shape index (κ2) is 4.67. The van der Waals surface area contributed by atoms with E-state index in [0.717, 1.165) is 11.1 Å². The second-order valence-electron chi connectivity index (χ2n) is 3.78. The zero-order valence-corrected chi connectivity index (χ0v) is 9.10. The lowest BCUT2D eigenvalue weighted by molar-refractivity contribution is 0.627. The molecule has 0 aliphatic heterocycles. The van der Waals surface area contributed by atoms with Crippen molar-refractivity contribution >= 4 is 5.69 Å². The molecule has 2 aromatic carbocycles. The predicted octanol–water partition coefficient (Wildman–Crippen LogP) is 3.06. The van der Waals surface area contributed by atoms with E-state index in [-0.39, 0.29) is 5.82 Å². The number of nitrogen functional groups attached to an aromatic ring is 1. The summed E-state index contributed by atoms with van der Waals surface area (Å²) in [6.07, 6.45) is 0. The SMILES string of the molecule is N#C[C@H](c1ccc(N)cc1)c1ccc(F)cc1. The average molecular weight is 226 g/mol. The van der Waals surface area contributed by atoms with Crippen LogP contribution >= 0.6 is 0 Å². The van der Waals surface area contributed by atoms with Crippen molar-refractivity contribution in [3.05, 3.63) is 65.5 Å². The first kappa shape index (κ1) is 11.2. The van der Waals surface area contributed by atoms with Crippen molar-refractivity contribution in [3.63, 3.8) is 0 Å². The molecule has 2 rings (SSSR count). The highest BCUT2D eigenvalue weighted by atomic mass is 19.1. The molecule has 0 saturated heterocycles. The van der Waals surface area contributed by atoms with Crippen LogP contribution in [0.25, 0.3) is 0 Å². The molecule has 0 amide bonds. The fourth-order valence-corrected chi connectivity index (χ4v) is 1.69. The summed E-state index contributed by atoms with van der Waals surface area (Å²) in [7, 11) is 0. The van der Waals surface area contributed by atoms with Crippen molar-refractivity contribution in [3.8, 4) is 6.07 Å². The molecule has 0 radical (unpaired) electrons. The van der Waals surface area contributed by atoms with Gasteiger partial charge in [0.15, 0.2) is 0 Å². The van der Waals surface area contributed by atoms with Gasteiger partial charge in [-0.1, -0.05) is 24.3 Å². The Bertz CT molecular complexity index is 492. The minimum atomic E-state index is -0.392. The molecule has 0 aliphatic carbocycles. The predicted molar refractivity (Wildman–Crippen MR) is 64.7 cm³/mol. The molecular formula is C14H11FN2. The van der Waals surface area contributed by atoms with Crippen LogP contribution in [0, 0.1) is 17.1 Å². The lowest BCUT2D eigenvalue weighted by atomic mass is 9.92. The summed E-state index contributed by atoms with van der Waals surface area (Å²) in [5.41, 5.74) is 7.88. The molecule has 0 aliphatic rings. The van der Waals surface area contributed by atoms with E-state index < -0.39 is 5.92 Å². The van der Waals surface area contributed by atoms with Crippen LogP contribution in [0.4, 0.5) is 10.1 Å². The zero-order valence-electron chi connectivity index (χ0n) is 9.10. The Balaban J connectivity index is 2.37. The molecule has 84 valence electrons. The first-order chi connectivity index (χ1) is 8.20. The lowest BCUT2D eigenvalue weighted by Gasteiger charge is -2.10. The zero-order chi connectivity index (χ0) is 12.3. The number of nitrogens with two attached hydrogens (primary N) is 1. The maximum atomic E-state index is 12.8. The quantitative estimate of drug-likeness (QED) is 0.800. The third-order valence-corrected chi connectivity index (χ3v) is 2.60. The number of benzene rings is 2. The van der Waals surface area contributed by atoms with E-state index >= 15 is 0 Å². The molecule has 0 saturated carbocycles. The lowest BCUT2D eigenvalue weighted by Crippen LogP contribution is -1.98. The summed E-state index contributed by atoms with van der Waals surface area (Å²) >= 11 is 0. The Morgan fingerprint density at radius 1 is 0.941 bits per heavy atom. The van der Waals surface area contributed by atoms with Crippen molar-refractivity contribution in [2.45, 2.75) is 5.92 Å². The highest BCUT2D eigenvalue weighted by Crippen LogP contribution is 2.24. The number of hydrogen-bond acceptors (Lipinski definition) is 2. The summed E-state index contributed by atoms with van der Waals surface area (Å²) < 4.78 is 12.8. The van der Waals surface area contributed by atoms with Gasteiger partial charge in [-0.25, -0.2) is 4.39 Å². The number of halogens is 1. The van der Waals surface area contributed by atoms with Crippen LogP contribution in [-0.4, -0.2) is 0 Å². The Hall–Kier alpha value is -2.34. The van der Waals surface area contributed by atoms with Gasteiger partial charge in [-0.15, -0.1) is 0 Å². The topological polar surface area (TPSA) is 49.8 Å². The van der Waals surface area contributed by atoms with Crippen LogP contribution in [-0.2, 0) is 0 Å². The molecular weight excluding hydrogens is 215 g/mol. The third kappa shape index (κ3) is 2.43. The average Bonchev–Trinajstić information content (AvgIpc) is 2.35. The van der Waals surface area contributed by atoms with E-state index in [1.54, 1.807) is 24.3 Å². The van der Waals surface area contributed by atoms with Crippen LogP contribution in [0.15, 0.2) is 48.5 Å². The van der Waals surface area contributed by atoms with Gasteiger partial charge in [0, 0.05) is 5.69 Å². The van der Waals surface area contributed by atoms with Crippen LogP contribution in [0.1, 0.15) is 17.0 Å². The van der Waals surface area contributed by atoms with Gasteiger partial charge in [0.25, 0.3) is 0 Å². The second-order valence-corrected chi connectivity index (χ2v) is 3.78. The number of anilines is 1. The molecule has 0 fully saturated rings. The Morgan fingerprint density at radius 2 is 1.41 bits per heavy atom. The number of nitriles is 1. The summed E-state index contributed by atoms with van der Waals surface area (Å²) in [6, 6.07) is 15.3. The van der Waals surface area contributed by atoms with E-state index in [2.05, 4.69) is 6.07 Å². The van der Waals surface area contributed by atoms with E-state index in [1.165, 1.54) is 12.1 Å². The van der Waals surface area contributed by atoms with Crippen LogP contribution < -0.4 is 5.73 Å². The molecule has 0 heterocycles. The van der Waals surface area contributed by atoms with Crippen LogP contribution in [0.2, 0.25) is 0 Å². The first-order valence-corrected chi connectivity index (χ1v) is 5.21. The van der Waals surface area contributed by atoms with Crippen molar-refractivity contribution in [1.82, 2.24) is 0 Å². The molecule has 0 spiro atoms. The van der Waals surface area contributed by atoms with Gasteiger partial charge in [-0.3, -0.25) is 0 Å². The van der Waals surface area contributed by atoms with Gasteiger partial charge in [0.2, 0.25) is 0 Å². The summed E-state index contributed by atoms with van der Waals surface area (Å²) in [6.45, 7) is 0. The van der Waals surface area contributed by atoms with E-state index in [4.69, 9.17) is 5.73 Å². The Labute approximate surface area is 99.1 Å². The Morgan fingerprint density at radius 3 is 1.88 bits per heavy atom. The normalized spacial score (nSPS) is 11.8. The van der Waals surface area contributed by atoms with Crippen LogP contribution in [0.3, 0.4) is 0 Å². The molecule has 2 aromatic rings. The van der Waals surface area contributed by atoms with E-state index in [1.807, 2.05) is 12.1 Å². The van der Waals surface area contributed by atoms with Gasteiger partial charge < -0.3 is 5.73 Å². The minimum Gasteiger partial charge on any atom is -0.399 e. The molecule has 0 bridgehead atoms. The van der Waals surface area contributed by atoms with Crippen molar-refractivity contribution < 1.29 is 4.39 Å². The molecule has 2 nitrogen and oxygen atoms in total. The number of hydrogen-bond donors (Lipinski definition) is 1. The fourth-order valence-electron chi connectivity index (χ4n) is 1.69. The van der Waals surface area contributed by atoms with E-state index in [9.17, 15) is 9.65 Å². The van der Waals surface area contributed by atoms with Crippen molar-refractivity contribution in [2.24, 2.45) is 0 Å². The number of nitrogens with zero attached hydrogens (tertiary/aromatic N) is 1. The molecule has 1 atom stereocenters. The summed E-state index contributed by atoms with van der Waals surface area (Å²) in [4.78, 5) is 0. The minimum absolute atomic E-state index is 0.303. The number of rotatable bonds is 2. The van der Waals surface area contributed by atoms with Crippen LogP contribution in [0.5, 0.6) is 0 Å². The summed E-state index contributed by atoms with van der Waals surface area (Å²) in [5.74, 6) is -0.695. The molecule has 0 unspecified atom stereocenters. The molecule has 2 N–H and O–H groups in total. The summed E-state index contributed by atoms with van der Waals surface area (Å²) in [5, 5.41) is 9.20. The first-order valence-electron chi connectivity index (χ1n) is 5.21. The highest BCUT2D eigenvalue weighted by Gasteiger charge is 2.12. The maximum absolute atomic E-state index is 12.8. The Kier molecular flexibility index (Phi) is 3.06. The highest BCUT2D eigenvalue weighted by molar-refractivity contribution is 5.45. The van der Waals surface area contributed by atoms with Crippen molar-refractivity contribution in [2.75, 3.05) is 5.73 Å². The van der Waals surface area contributed by atoms with Gasteiger partial charge in [0.1, 0.15) is 5.82 Å². The largest absolute Gasteiger partial charge is 0.399 e. The monoisotopic (exact) mass is 226 g/mol. The van der Waals surface area contributed by atoms with Gasteiger partial charge in [0.05, 0.1) is 12.0 Å². The van der Waals surface area contributed by atoms with Crippen molar-refractivity contribution in [1.29, 1.82) is 5.26 Å². The van der Waals surface area contributed by atoms with Gasteiger partial charge in [-0.2, -0.15) is 5.26 Å². The van der Waals surface area contributed by atoms with E-state index in [0.29, 0.717) is 5.69 Å². The smallest absolute Gasteiger partial charge is 0.123 e. The standard InChI is InChI=1S/C14H11FN2/c15-12-5-1-10(2-6-12)14(9-16)11-3-7-13(17)8-4-11/h1-8,14H,17H2/t14-/m0/s1. The molecule has 17 heavy (non-hydrogen) atoms. The third-order valence-electron chi connectivity index (χ3n) is 2.60. The maximum Gasteiger partial charge on any atom is 0.123 e. The molecule has 0 aromatic heterocycles. The molecule has 3 heteroatoms.